The molecule has 15 heavy (non-hydrogen) atoms. The first-order chi connectivity index (χ1) is 7.22. The van der Waals surface area contributed by atoms with E-state index in [1.807, 2.05) is 0 Å². The Hall–Kier alpha value is -1.55. The lowest BCUT2D eigenvalue weighted by Crippen LogP contribution is -1.89. The van der Waals surface area contributed by atoms with E-state index in [2.05, 4.69) is 9.97 Å². The van der Waals surface area contributed by atoms with Crippen molar-refractivity contribution in [1.82, 2.24) is 9.97 Å². The molecule has 0 saturated heterocycles. The van der Waals surface area contributed by atoms with Crippen LogP contribution in [-0.2, 0) is 0 Å². The molecule has 0 spiro atoms. The minimum atomic E-state index is -0.409. The Kier molecular flexibility index (Phi) is 2.60. The van der Waals surface area contributed by atoms with E-state index in [1.54, 1.807) is 12.1 Å². The molecule has 2 aromatic rings. The Morgan fingerprint density at radius 3 is 2.87 bits per heavy atom. The van der Waals surface area contributed by atoms with Gasteiger partial charge in [0.05, 0.1) is 13.4 Å². The van der Waals surface area contributed by atoms with Crippen molar-refractivity contribution in [3.63, 3.8) is 0 Å². The fraction of sp³-hybridized carbons (Fsp3) is 0.100. The smallest absolute Gasteiger partial charge is 0.165 e. The standard InChI is InChI=1S/C10H8ClFN2O/c1-15-8-4-6(2-3-7(8)12)9-10(11)14-5-13-9/h2-5H,1H3,(H,13,14). The molecule has 78 valence electrons. The van der Waals surface area contributed by atoms with Gasteiger partial charge in [-0.2, -0.15) is 0 Å². The lowest BCUT2D eigenvalue weighted by atomic mass is 10.1. The molecule has 0 aliphatic carbocycles. The van der Waals surface area contributed by atoms with Crippen LogP contribution in [0.25, 0.3) is 11.3 Å². The van der Waals surface area contributed by atoms with Gasteiger partial charge in [-0.3, -0.25) is 0 Å². The molecule has 2 rings (SSSR count). The highest BCUT2D eigenvalue weighted by molar-refractivity contribution is 6.31. The second-order valence-corrected chi connectivity index (χ2v) is 3.29. The number of aromatic amines is 1. The van der Waals surface area contributed by atoms with Crippen molar-refractivity contribution in [2.45, 2.75) is 0 Å². The zero-order valence-corrected chi connectivity index (χ0v) is 8.68. The molecule has 0 amide bonds. The predicted molar refractivity (Wildman–Crippen MR) is 55.5 cm³/mol. The van der Waals surface area contributed by atoms with Gasteiger partial charge < -0.3 is 9.72 Å². The molecule has 1 heterocycles. The number of methoxy groups -OCH3 is 1. The van der Waals surface area contributed by atoms with Crippen molar-refractivity contribution in [3.05, 3.63) is 35.5 Å². The summed E-state index contributed by atoms with van der Waals surface area (Å²) in [6, 6.07) is 4.47. The Morgan fingerprint density at radius 1 is 1.47 bits per heavy atom. The predicted octanol–water partition coefficient (Wildman–Crippen LogP) is 2.88. The third-order valence-electron chi connectivity index (χ3n) is 2.02. The average Bonchev–Trinajstić information content (AvgIpc) is 2.65. The van der Waals surface area contributed by atoms with E-state index in [0.29, 0.717) is 16.4 Å². The van der Waals surface area contributed by atoms with E-state index < -0.39 is 5.82 Å². The molecule has 1 aromatic heterocycles. The Bertz CT molecular complexity index is 484. The van der Waals surface area contributed by atoms with Crippen LogP contribution in [0.4, 0.5) is 4.39 Å². The molecule has 0 unspecified atom stereocenters. The van der Waals surface area contributed by atoms with E-state index in [4.69, 9.17) is 16.3 Å². The molecule has 0 aliphatic rings. The van der Waals surface area contributed by atoms with Crippen molar-refractivity contribution < 1.29 is 9.13 Å². The van der Waals surface area contributed by atoms with E-state index in [-0.39, 0.29) is 5.75 Å². The second kappa shape index (κ2) is 3.90. The maximum atomic E-state index is 13.1. The van der Waals surface area contributed by atoms with Gasteiger partial charge in [0.25, 0.3) is 0 Å². The molecule has 1 aromatic carbocycles. The van der Waals surface area contributed by atoms with Gasteiger partial charge in [-0.15, -0.1) is 0 Å². The molecule has 0 saturated carbocycles. The number of imidazole rings is 1. The fourth-order valence-electron chi connectivity index (χ4n) is 1.29. The highest BCUT2D eigenvalue weighted by Crippen LogP contribution is 2.28. The highest BCUT2D eigenvalue weighted by atomic mass is 35.5. The Balaban J connectivity index is 2.51. The summed E-state index contributed by atoms with van der Waals surface area (Å²) in [5.41, 5.74) is 1.29. The van der Waals surface area contributed by atoms with Crippen LogP contribution in [-0.4, -0.2) is 17.1 Å². The number of halogens is 2. The summed E-state index contributed by atoms with van der Waals surface area (Å²) in [5, 5.41) is 0.420. The van der Waals surface area contributed by atoms with E-state index in [1.165, 1.54) is 19.5 Å². The van der Waals surface area contributed by atoms with Crippen molar-refractivity contribution in [3.8, 4) is 17.0 Å². The monoisotopic (exact) mass is 226 g/mol. The number of benzene rings is 1. The van der Waals surface area contributed by atoms with Crippen LogP contribution in [0.3, 0.4) is 0 Å². The Labute approximate surface area is 90.9 Å². The lowest BCUT2D eigenvalue weighted by Gasteiger charge is -2.03. The highest BCUT2D eigenvalue weighted by Gasteiger charge is 2.09. The second-order valence-electron chi connectivity index (χ2n) is 2.91. The first-order valence-electron chi connectivity index (χ1n) is 4.25. The van der Waals surface area contributed by atoms with Crippen LogP contribution >= 0.6 is 11.6 Å². The van der Waals surface area contributed by atoms with E-state index in [9.17, 15) is 4.39 Å². The van der Waals surface area contributed by atoms with Crippen LogP contribution in [0.5, 0.6) is 5.75 Å². The summed E-state index contributed by atoms with van der Waals surface area (Å²) in [6.45, 7) is 0. The largest absolute Gasteiger partial charge is 0.494 e. The number of hydrogen-bond donors (Lipinski definition) is 1. The number of H-pyrrole nitrogens is 1. The summed E-state index contributed by atoms with van der Waals surface area (Å²) in [4.78, 5) is 6.76. The van der Waals surface area contributed by atoms with Gasteiger partial charge in [0.15, 0.2) is 11.6 Å². The number of nitrogens with one attached hydrogen (secondary N) is 1. The minimum absolute atomic E-state index is 0.173. The molecular formula is C10H8ClFN2O. The molecule has 0 atom stereocenters. The van der Waals surface area contributed by atoms with E-state index in [0.717, 1.165) is 0 Å². The van der Waals surface area contributed by atoms with Gasteiger partial charge in [0, 0.05) is 5.56 Å². The zero-order valence-electron chi connectivity index (χ0n) is 7.92. The van der Waals surface area contributed by atoms with Crippen LogP contribution in [0.1, 0.15) is 0 Å². The van der Waals surface area contributed by atoms with Crippen molar-refractivity contribution in [1.29, 1.82) is 0 Å². The third-order valence-corrected chi connectivity index (χ3v) is 2.31. The van der Waals surface area contributed by atoms with Gasteiger partial charge in [0.1, 0.15) is 10.8 Å². The van der Waals surface area contributed by atoms with Gasteiger partial charge >= 0.3 is 0 Å². The number of ether oxygens (including phenoxy) is 1. The molecule has 0 fully saturated rings. The summed E-state index contributed by atoms with van der Waals surface area (Å²) < 4.78 is 18.0. The minimum Gasteiger partial charge on any atom is -0.494 e. The normalized spacial score (nSPS) is 10.3. The first-order valence-corrected chi connectivity index (χ1v) is 4.63. The zero-order chi connectivity index (χ0) is 10.8. The Morgan fingerprint density at radius 2 is 2.27 bits per heavy atom. The third kappa shape index (κ3) is 1.80. The molecule has 1 N–H and O–H groups in total. The maximum Gasteiger partial charge on any atom is 0.165 e. The number of aromatic nitrogens is 2. The molecule has 0 aliphatic heterocycles. The summed E-state index contributed by atoms with van der Waals surface area (Å²) >= 11 is 5.86. The van der Waals surface area contributed by atoms with Crippen molar-refractivity contribution in [2.24, 2.45) is 0 Å². The quantitative estimate of drug-likeness (QED) is 0.855. The average molecular weight is 227 g/mol. The molecule has 5 heteroatoms. The molecular weight excluding hydrogens is 219 g/mol. The van der Waals surface area contributed by atoms with E-state index >= 15 is 0 Å². The molecule has 0 bridgehead atoms. The van der Waals surface area contributed by atoms with Crippen molar-refractivity contribution >= 4 is 11.6 Å². The van der Waals surface area contributed by atoms with Crippen LogP contribution in [0.2, 0.25) is 5.15 Å². The topological polar surface area (TPSA) is 37.9 Å². The van der Waals surface area contributed by atoms with Crippen molar-refractivity contribution in [2.75, 3.05) is 7.11 Å². The van der Waals surface area contributed by atoms with Gasteiger partial charge in [-0.1, -0.05) is 11.6 Å². The molecule has 0 radical (unpaired) electrons. The lowest BCUT2D eigenvalue weighted by molar-refractivity contribution is 0.387. The van der Waals surface area contributed by atoms with Gasteiger partial charge in [0.2, 0.25) is 0 Å². The SMILES string of the molecule is COc1cc(-c2nc[nH]c2Cl)ccc1F. The maximum absolute atomic E-state index is 13.1. The fourth-order valence-corrected chi connectivity index (χ4v) is 1.49. The number of rotatable bonds is 2. The van der Waals surface area contributed by atoms with Gasteiger partial charge in [-0.05, 0) is 18.2 Å². The number of nitrogens with zero attached hydrogens (tertiary/aromatic N) is 1. The van der Waals surface area contributed by atoms with Crippen LogP contribution < -0.4 is 4.74 Å². The summed E-state index contributed by atoms with van der Waals surface area (Å²) in [6.07, 6.45) is 1.48. The van der Waals surface area contributed by atoms with Gasteiger partial charge in [-0.25, -0.2) is 9.37 Å². The number of hydrogen-bond acceptors (Lipinski definition) is 2. The molecule has 3 nitrogen and oxygen atoms in total. The first kappa shape index (κ1) is 9.98. The summed E-state index contributed by atoms with van der Waals surface area (Å²) in [7, 11) is 1.41. The van der Waals surface area contributed by atoms with Crippen LogP contribution in [0, 0.1) is 5.82 Å². The summed E-state index contributed by atoms with van der Waals surface area (Å²) in [5.74, 6) is -0.237. The van der Waals surface area contributed by atoms with Crippen LogP contribution in [0.15, 0.2) is 24.5 Å².